The Morgan fingerprint density at radius 1 is 0.724 bits per heavy atom. The third-order valence-corrected chi connectivity index (χ3v) is 5.12. The molecule has 0 heterocycles. The molecule has 1 unspecified atom stereocenters. The lowest BCUT2D eigenvalue weighted by Crippen LogP contribution is -2.34. The summed E-state index contributed by atoms with van der Waals surface area (Å²) in [6.07, 6.45) is 2.98. The van der Waals surface area contributed by atoms with E-state index < -0.39 is 0 Å². The summed E-state index contributed by atoms with van der Waals surface area (Å²) in [5.74, 6) is 1.75. The van der Waals surface area contributed by atoms with Crippen molar-refractivity contribution in [3.8, 4) is 11.5 Å². The Morgan fingerprint density at radius 2 is 1.21 bits per heavy atom. The van der Waals surface area contributed by atoms with Crippen LogP contribution in [0.25, 0.3) is 0 Å². The molecule has 0 aromatic heterocycles. The van der Waals surface area contributed by atoms with Crippen LogP contribution in [0, 0.1) is 0 Å². The third-order valence-electron chi connectivity index (χ3n) is 5.12. The first kappa shape index (κ1) is 20.7. The Balaban J connectivity index is 1.82. The van der Waals surface area contributed by atoms with Gasteiger partial charge in [-0.2, -0.15) is 0 Å². The molecule has 0 amide bonds. The van der Waals surface area contributed by atoms with Gasteiger partial charge in [-0.3, -0.25) is 4.90 Å². The molecule has 29 heavy (non-hydrogen) atoms. The molecular weight excluding hydrogens is 358 g/mol. The predicted octanol–water partition coefficient (Wildman–Crippen LogP) is 5.50. The number of methoxy groups -OCH3 is 2. The van der Waals surface area contributed by atoms with Gasteiger partial charge < -0.3 is 9.47 Å². The Kier molecular flexibility index (Phi) is 7.48. The lowest BCUT2D eigenvalue weighted by Gasteiger charge is -2.30. The molecule has 0 bridgehead atoms. The Morgan fingerprint density at radius 3 is 1.62 bits per heavy atom. The maximum Gasteiger partial charge on any atom is 0.118 e. The topological polar surface area (TPSA) is 21.7 Å². The van der Waals surface area contributed by atoms with E-state index in [1.165, 1.54) is 16.7 Å². The standard InChI is InChI=1S/C26H29NO2/c1-4-24(18-21-8-6-5-7-9-21)27(19-22-10-14-25(28-2)15-11-22)20-23-12-16-26(29-3)17-13-23/h4-17,24H,1,18-20H2,2-3H3. The van der Waals surface area contributed by atoms with Crippen LogP contribution in [0.5, 0.6) is 11.5 Å². The van der Waals surface area contributed by atoms with Crippen LogP contribution >= 0.6 is 0 Å². The van der Waals surface area contributed by atoms with Crippen molar-refractivity contribution >= 4 is 0 Å². The molecule has 150 valence electrons. The predicted molar refractivity (Wildman–Crippen MR) is 119 cm³/mol. The fourth-order valence-electron chi connectivity index (χ4n) is 3.44. The highest BCUT2D eigenvalue weighted by molar-refractivity contribution is 5.29. The molecule has 3 nitrogen and oxygen atoms in total. The maximum absolute atomic E-state index is 5.30. The van der Waals surface area contributed by atoms with E-state index in [0.717, 1.165) is 31.0 Å². The SMILES string of the molecule is C=CC(Cc1ccccc1)N(Cc1ccc(OC)cc1)Cc1ccc(OC)cc1. The minimum Gasteiger partial charge on any atom is -0.497 e. The average molecular weight is 388 g/mol. The summed E-state index contributed by atoms with van der Waals surface area (Å²) in [5.41, 5.74) is 3.81. The van der Waals surface area contributed by atoms with Crippen molar-refractivity contribution < 1.29 is 9.47 Å². The van der Waals surface area contributed by atoms with Crippen LogP contribution in [0.1, 0.15) is 16.7 Å². The van der Waals surface area contributed by atoms with Gasteiger partial charge in [0.05, 0.1) is 14.2 Å². The molecule has 3 aromatic carbocycles. The summed E-state index contributed by atoms with van der Waals surface area (Å²) in [7, 11) is 3.39. The number of benzene rings is 3. The summed E-state index contributed by atoms with van der Waals surface area (Å²) >= 11 is 0. The van der Waals surface area contributed by atoms with Crippen molar-refractivity contribution in [1.82, 2.24) is 4.90 Å². The maximum atomic E-state index is 5.30. The molecule has 0 aliphatic heterocycles. The van der Waals surface area contributed by atoms with Crippen LogP contribution in [0.15, 0.2) is 91.5 Å². The van der Waals surface area contributed by atoms with Gasteiger partial charge in [0.1, 0.15) is 11.5 Å². The minimum atomic E-state index is 0.224. The average Bonchev–Trinajstić information content (AvgIpc) is 2.78. The number of hydrogen-bond donors (Lipinski definition) is 0. The van der Waals surface area contributed by atoms with E-state index in [1.54, 1.807) is 14.2 Å². The number of nitrogens with zero attached hydrogens (tertiary/aromatic N) is 1. The lowest BCUT2D eigenvalue weighted by molar-refractivity contribution is 0.209. The molecule has 0 aliphatic rings. The van der Waals surface area contributed by atoms with Crippen molar-refractivity contribution in [2.75, 3.05) is 14.2 Å². The highest BCUT2D eigenvalue weighted by Crippen LogP contribution is 2.20. The summed E-state index contributed by atoms with van der Waals surface area (Å²) in [4.78, 5) is 2.46. The zero-order valence-corrected chi connectivity index (χ0v) is 17.3. The van der Waals surface area contributed by atoms with E-state index in [0.29, 0.717) is 0 Å². The molecule has 3 aromatic rings. The Labute approximate surface area is 174 Å². The zero-order chi connectivity index (χ0) is 20.5. The van der Waals surface area contributed by atoms with Gasteiger partial charge >= 0.3 is 0 Å². The van der Waals surface area contributed by atoms with Gasteiger partial charge in [-0.1, -0.05) is 60.7 Å². The zero-order valence-electron chi connectivity index (χ0n) is 17.3. The van der Waals surface area contributed by atoms with Gasteiger partial charge in [-0.15, -0.1) is 6.58 Å². The van der Waals surface area contributed by atoms with E-state index in [4.69, 9.17) is 9.47 Å². The van der Waals surface area contributed by atoms with Crippen LogP contribution in [0.4, 0.5) is 0 Å². The molecule has 0 saturated carbocycles. The lowest BCUT2D eigenvalue weighted by atomic mass is 10.0. The fourth-order valence-corrected chi connectivity index (χ4v) is 3.44. The second kappa shape index (κ2) is 10.5. The van der Waals surface area contributed by atoms with Crippen molar-refractivity contribution in [3.05, 3.63) is 108 Å². The van der Waals surface area contributed by atoms with Crippen molar-refractivity contribution in [2.45, 2.75) is 25.6 Å². The third kappa shape index (κ3) is 5.97. The highest BCUT2D eigenvalue weighted by atomic mass is 16.5. The monoisotopic (exact) mass is 387 g/mol. The second-order valence-corrected chi connectivity index (χ2v) is 7.09. The molecule has 1 atom stereocenters. The quantitative estimate of drug-likeness (QED) is 0.429. The van der Waals surface area contributed by atoms with Crippen LogP contribution in [0.2, 0.25) is 0 Å². The normalized spacial score (nSPS) is 11.8. The largest absolute Gasteiger partial charge is 0.497 e. The van der Waals surface area contributed by atoms with Gasteiger partial charge in [-0.25, -0.2) is 0 Å². The van der Waals surface area contributed by atoms with Crippen LogP contribution in [-0.2, 0) is 19.5 Å². The second-order valence-electron chi connectivity index (χ2n) is 7.09. The first-order valence-electron chi connectivity index (χ1n) is 9.88. The van der Waals surface area contributed by atoms with Crippen molar-refractivity contribution in [2.24, 2.45) is 0 Å². The van der Waals surface area contributed by atoms with Gasteiger partial charge in [0.2, 0.25) is 0 Å². The molecule has 3 heteroatoms. The van der Waals surface area contributed by atoms with Gasteiger partial charge in [0.15, 0.2) is 0 Å². The van der Waals surface area contributed by atoms with E-state index in [1.807, 2.05) is 24.3 Å². The van der Waals surface area contributed by atoms with Crippen LogP contribution < -0.4 is 9.47 Å². The summed E-state index contributed by atoms with van der Waals surface area (Å²) < 4.78 is 10.6. The fraction of sp³-hybridized carbons (Fsp3) is 0.231. The highest BCUT2D eigenvalue weighted by Gasteiger charge is 2.17. The number of hydrogen-bond acceptors (Lipinski definition) is 3. The van der Waals surface area contributed by atoms with Crippen molar-refractivity contribution in [1.29, 1.82) is 0 Å². The molecule has 0 radical (unpaired) electrons. The Bertz CT molecular complexity index is 823. The first-order valence-corrected chi connectivity index (χ1v) is 9.88. The molecule has 0 spiro atoms. The van der Waals surface area contributed by atoms with Crippen LogP contribution in [-0.4, -0.2) is 25.2 Å². The number of ether oxygens (including phenoxy) is 2. The molecule has 0 saturated heterocycles. The van der Waals surface area contributed by atoms with Crippen molar-refractivity contribution in [3.63, 3.8) is 0 Å². The molecule has 3 rings (SSSR count). The summed E-state index contributed by atoms with van der Waals surface area (Å²) in [5, 5.41) is 0. The van der Waals surface area contributed by atoms with Crippen LogP contribution in [0.3, 0.4) is 0 Å². The van der Waals surface area contributed by atoms with E-state index in [-0.39, 0.29) is 6.04 Å². The molecule has 0 aliphatic carbocycles. The smallest absolute Gasteiger partial charge is 0.118 e. The van der Waals surface area contributed by atoms with E-state index >= 15 is 0 Å². The van der Waals surface area contributed by atoms with E-state index in [9.17, 15) is 0 Å². The summed E-state index contributed by atoms with van der Waals surface area (Å²) in [6.45, 7) is 5.80. The molecular formula is C26H29NO2. The summed E-state index contributed by atoms with van der Waals surface area (Å²) in [6, 6.07) is 27.4. The molecule has 0 N–H and O–H groups in total. The van der Waals surface area contributed by atoms with E-state index in [2.05, 4.69) is 72.2 Å². The van der Waals surface area contributed by atoms with Gasteiger partial charge in [-0.05, 0) is 47.4 Å². The minimum absolute atomic E-state index is 0.224. The van der Waals surface area contributed by atoms with Gasteiger partial charge in [0.25, 0.3) is 0 Å². The Hall–Kier alpha value is -3.04. The first-order chi connectivity index (χ1) is 14.2. The van der Waals surface area contributed by atoms with Gasteiger partial charge in [0, 0.05) is 19.1 Å². The number of rotatable bonds is 10. The molecule has 0 fully saturated rings.